The number of nitrogens with zero attached hydrogens (tertiary/aromatic N) is 1. The van der Waals surface area contributed by atoms with Gasteiger partial charge in [0.25, 0.3) is 0 Å². The van der Waals surface area contributed by atoms with Crippen molar-refractivity contribution in [3.05, 3.63) is 71.8 Å². The van der Waals surface area contributed by atoms with Crippen molar-refractivity contribution in [3.63, 3.8) is 0 Å². The lowest BCUT2D eigenvalue weighted by Gasteiger charge is -2.31. The van der Waals surface area contributed by atoms with Crippen LogP contribution in [0.25, 0.3) is 0 Å². The Bertz CT molecular complexity index is 719. The van der Waals surface area contributed by atoms with E-state index in [2.05, 4.69) is 5.32 Å². The average molecular weight is 383 g/mol. The highest BCUT2D eigenvalue weighted by molar-refractivity contribution is 5.88. The van der Waals surface area contributed by atoms with Gasteiger partial charge in [-0.3, -0.25) is 9.59 Å². The van der Waals surface area contributed by atoms with Crippen LogP contribution in [0.1, 0.15) is 43.4 Å². The van der Waals surface area contributed by atoms with Gasteiger partial charge in [-0.25, -0.2) is 0 Å². The molecule has 2 aromatic rings. The van der Waals surface area contributed by atoms with Gasteiger partial charge in [0.1, 0.15) is 6.04 Å². The highest BCUT2D eigenvalue weighted by atomic mass is 16.5. The Morgan fingerprint density at radius 1 is 1.04 bits per heavy atom. The second-order valence-corrected chi connectivity index (χ2v) is 6.71. The third kappa shape index (κ3) is 6.50. The molecule has 0 bridgehead atoms. The summed E-state index contributed by atoms with van der Waals surface area (Å²) >= 11 is 0. The van der Waals surface area contributed by atoms with Gasteiger partial charge >= 0.3 is 0 Å². The lowest BCUT2D eigenvalue weighted by Crippen LogP contribution is -2.43. The summed E-state index contributed by atoms with van der Waals surface area (Å²) in [6.45, 7) is 3.46. The lowest BCUT2D eigenvalue weighted by atomic mass is 10.0. The summed E-state index contributed by atoms with van der Waals surface area (Å²) in [6.07, 6.45) is 1.87. The smallest absolute Gasteiger partial charge is 0.247 e. The number of ether oxygens (including phenoxy) is 1. The van der Waals surface area contributed by atoms with Crippen molar-refractivity contribution in [2.24, 2.45) is 0 Å². The predicted molar refractivity (Wildman–Crippen MR) is 111 cm³/mol. The van der Waals surface area contributed by atoms with Gasteiger partial charge in [0.2, 0.25) is 11.8 Å². The normalized spacial score (nSPS) is 11.6. The molecule has 0 aromatic heterocycles. The number of methoxy groups -OCH3 is 1. The molecule has 28 heavy (non-hydrogen) atoms. The topological polar surface area (TPSA) is 58.6 Å². The summed E-state index contributed by atoms with van der Waals surface area (Å²) in [5.41, 5.74) is 1.81. The summed E-state index contributed by atoms with van der Waals surface area (Å²) < 4.78 is 5.05. The molecule has 2 rings (SSSR count). The second kappa shape index (κ2) is 11.9. The van der Waals surface area contributed by atoms with E-state index >= 15 is 0 Å². The molecule has 2 amide bonds. The maximum atomic E-state index is 13.1. The van der Waals surface area contributed by atoms with E-state index in [1.165, 1.54) is 0 Å². The Kier molecular flexibility index (Phi) is 9.22. The van der Waals surface area contributed by atoms with Crippen LogP contribution in [0.4, 0.5) is 0 Å². The van der Waals surface area contributed by atoms with E-state index in [0.717, 1.165) is 24.0 Å². The fraction of sp³-hybridized carbons (Fsp3) is 0.391. The van der Waals surface area contributed by atoms with E-state index in [0.29, 0.717) is 26.1 Å². The molecule has 0 spiro atoms. The number of hydrogen-bond donors (Lipinski definition) is 1. The van der Waals surface area contributed by atoms with Crippen molar-refractivity contribution < 1.29 is 14.3 Å². The maximum Gasteiger partial charge on any atom is 0.247 e. The number of nitrogens with one attached hydrogen (secondary N) is 1. The molecule has 2 aromatic carbocycles. The number of hydrogen-bond acceptors (Lipinski definition) is 3. The summed E-state index contributed by atoms with van der Waals surface area (Å²) in [6, 6.07) is 18.6. The molecule has 0 saturated heterocycles. The molecule has 150 valence electrons. The molecule has 1 unspecified atom stereocenters. The Balaban J connectivity index is 2.31. The Morgan fingerprint density at radius 3 is 2.29 bits per heavy atom. The fourth-order valence-corrected chi connectivity index (χ4v) is 3.09. The molecular formula is C23H30N2O3. The van der Waals surface area contributed by atoms with Crippen LogP contribution in [-0.4, -0.2) is 37.0 Å². The van der Waals surface area contributed by atoms with Crippen LogP contribution in [0.5, 0.6) is 0 Å². The van der Waals surface area contributed by atoms with Gasteiger partial charge in [-0.2, -0.15) is 0 Å². The van der Waals surface area contributed by atoms with Crippen LogP contribution in [-0.2, 0) is 20.9 Å². The Morgan fingerprint density at radius 2 is 1.68 bits per heavy atom. The van der Waals surface area contributed by atoms with Gasteiger partial charge in [0.15, 0.2) is 0 Å². The Hall–Kier alpha value is -2.66. The highest BCUT2D eigenvalue weighted by Gasteiger charge is 2.30. The molecule has 0 aliphatic heterocycles. The average Bonchev–Trinajstić information content (AvgIpc) is 2.72. The van der Waals surface area contributed by atoms with E-state index in [1.807, 2.05) is 67.6 Å². The van der Waals surface area contributed by atoms with Crippen molar-refractivity contribution in [2.45, 2.75) is 38.8 Å². The number of carbonyl (C=O) groups excluding carboxylic acids is 2. The van der Waals surface area contributed by atoms with E-state index < -0.39 is 6.04 Å². The minimum absolute atomic E-state index is 0.0211. The monoisotopic (exact) mass is 382 g/mol. The molecule has 1 N–H and O–H groups in total. The number of benzene rings is 2. The summed E-state index contributed by atoms with van der Waals surface area (Å²) in [5, 5.41) is 2.97. The summed E-state index contributed by atoms with van der Waals surface area (Å²) in [7, 11) is 1.64. The zero-order valence-corrected chi connectivity index (χ0v) is 16.8. The van der Waals surface area contributed by atoms with Gasteiger partial charge < -0.3 is 15.0 Å². The first-order chi connectivity index (χ1) is 13.7. The van der Waals surface area contributed by atoms with Crippen molar-refractivity contribution in [1.29, 1.82) is 0 Å². The molecule has 0 aliphatic carbocycles. The van der Waals surface area contributed by atoms with Crippen molar-refractivity contribution >= 4 is 11.8 Å². The van der Waals surface area contributed by atoms with Gasteiger partial charge in [0, 0.05) is 33.2 Å². The van der Waals surface area contributed by atoms with Crippen LogP contribution in [0.2, 0.25) is 0 Å². The summed E-state index contributed by atoms with van der Waals surface area (Å²) in [5.74, 6) is -0.185. The quantitative estimate of drug-likeness (QED) is 0.603. The Labute approximate surface area is 167 Å². The van der Waals surface area contributed by atoms with Crippen LogP contribution in [0.15, 0.2) is 60.7 Å². The molecule has 0 radical (unpaired) electrons. The molecule has 0 saturated carbocycles. The van der Waals surface area contributed by atoms with Gasteiger partial charge in [0.05, 0.1) is 0 Å². The highest BCUT2D eigenvalue weighted by Crippen LogP contribution is 2.25. The van der Waals surface area contributed by atoms with Crippen LogP contribution in [0, 0.1) is 0 Å². The zero-order chi connectivity index (χ0) is 20.2. The van der Waals surface area contributed by atoms with Crippen molar-refractivity contribution in [3.8, 4) is 0 Å². The third-order valence-corrected chi connectivity index (χ3v) is 4.48. The lowest BCUT2D eigenvalue weighted by molar-refractivity contribution is -0.141. The largest absolute Gasteiger partial charge is 0.385 e. The van der Waals surface area contributed by atoms with E-state index in [1.54, 1.807) is 12.0 Å². The van der Waals surface area contributed by atoms with Crippen LogP contribution >= 0.6 is 0 Å². The second-order valence-electron chi connectivity index (χ2n) is 6.71. The van der Waals surface area contributed by atoms with Gasteiger partial charge in [-0.05, 0) is 24.0 Å². The third-order valence-electron chi connectivity index (χ3n) is 4.48. The predicted octanol–water partition coefficient (Wildman–Crippen LogP) is 3.71. The first kappa shape index (κ1) is 21.6. The summed E-state index contributed by atoms with van der Waals surface area (Å²) in [4.78, 5) is 27.8. The van der Waals surface area contributed by atoms with E-state index in [-0.39, 0.29) is 11.8 Å². The van der Waals surface area contributed by atoms with Crippen molar-refractivity contribution in [2.75, 3.05) is 20.3 Å². The molecule has 5 nitrogen and oxygen atoms in total. The number of rotatable bonds is 11. The molecule has 0 heterocycles. The SMILES string of the molecule is CCCC(=O)N(Cc1ccccc1)C(C(=O)NCCCOC)c1ccccc1. The molecule has 0 aliphatic rings. The standard InChI is InChI=1S/C23H30N2O3/c1-3-11-21(26)25(18-19-12-6-4-7-13-19)22(20-14-8-5-9-15-20)23(27)24-16-10-17-28-2/h4-9,12-15,22H,3,10-11,16-18H2,1-2H3,(H,24,27). The molecular weight excluding hydrogens is 352 g/mol. The molecule has 5 heteroatoms. The number of amides is 2. The van der Waals surface area contributed by atoms with Gasteiger partial charge in [-0.15, -0.1) is 0 Å². The number of carbonyl (C=O) groups is 2. The minimum atomic E-state index is -0.664. The first-order valence-electron chi connectivity index (χ1n) is 9.82. The van der Waals surface area contributed by atoms with Gasteiger partial charge in [-0.1, -0.05) is 67.6 Å². The molecule has 1 atom stereocenters. The van der Waals surface area contributed by atoms with Crippen LogP contribution in [0.3, 0.4) is 0 Å². The maximum absolute atomic E-state index is 13.1. The fourth-order valence-electron chi connectivity index (χ4n) is 3.09. The van der Waals surface area contributed by atoms with E-state index in [4.69, 9.17) is 4.74 Å². The zero-order valence-electron chi connectivity index (χ0n) is 16.8. The molecule has 0 fully saturated rings. The van der Waals surface area contributed by atoms with Crippen molar-refractivity contribution in [1.82, 2.24) is 10.2 Å². The van der Waals surface area contributed by atoms with Crippen LogP contribution < -0.4 is 5.32 Å². The minimum Gasteiger partial charge on any atom is -0.385 e. The first-order valence-corrected chi connectivity index (χ1v) is 9.82. The van der Waals surface area contributed by atoms with E-state index in [9.17, 15) is 9.59 Å².